The molecule has 0 radical (unpaired) electrons. The van der Waals surface area contributed by atoms with Crippen molar-refractivity contribution >= 4 is 11.8 Å². The maximum absolute atomic E-state index is 13.6. The van der Waals surface area contributed by atoms with Crippen molar-refractivity contribution in [3.8, 4) is 0 Å². The van der Waals surface area contributed by atoms with Crippen molar-refractivity contribution < 1.29 is 4.39 Å². The number of likely N-dealkylation sites (tertiary alicyclic amines) is 1. The summed E-state index contributed by atoms with van der Waals surface area (Å²) in [6.45, 7) is 5.64. The lowest BCUT2D eigenvalue weighted by Gasteiger charge is -2.29. The Morgan fingerprint density at radius 2 is 2.32 bits per heavy atom. The number of hydrogen-bond donors (Lipinski definition) is 2. The Morgan fingerprint density at radius 1 is 1.47 bits per heavy atom. The van der Waals surface area contributed by atoms with E-state index in [0.717, 1.165) is 26.2 Å². The zero-order chi connectivity index (χ0) is 13.7. The van der Waals surface area contributed by atoms with E-state index in [1.54, 1.807) is 0 Å². The summed E-state index contributed by atoms with van der Waals surface area (Å²) < 4.78 is 13.6. The molecule has 1 unspecified atom stereocenters. The molecule has 1 aliphatic heterocycles. The molecule has 0 saturated carbocycles. The molecule has 2 N–H and O–H groups in total. The maximum Gasteiger partial charge on any atom is 0.224 e. The fraction of sp³-hybridized carbons (Fsp3) is 0.692. The Labute approximate surface area is 113 Å². The molecule has 0 aliphatic carbocycles. The summed E-state index contributed by atoms with van der Waals surface area (Å²) in [7, 11) is 2.13. The number of rotatable bonds is 5. The molecular formula is C13H22FN5. The van der Waals surface area contributed by atoms with Gasteiger partial charge in [0.2, 0.25) is 5.95 Å². The Balaban J connectivity index is 1.92. The fourth-order valence-corrected chi connectivity index (χ4v) is 2.42. The van der Waals surface area contributed by atoms with E-state index in [4.69, 9.17) is 0 Å². The normalized spacial score (nSPS) is 20.3. The molecule has 106 valence electrons. The van der Waals surface area contributed by atoms with Crippen LogP contribution in [-0.2, 0) is 0 Å². The molecule has 0 bridgehead atoms. The van der Waals surface area contributed by atoms with Gasteiger partial charge in [0.15, 0.2) is 11.6 Å². The first-order valence-corrected chi connectivity index (χ1v) is 6.88. The van der Waals surface area contributed by atoms with Crippen molar-refractivity contribution in [2.24, 2.45) is 5.92 Å². The molecule has 1 fully saturated rings. The zero-order valence-corrected chi connectivity index (χ0v) is 11.6. The molecule has 2 rings (SSSR count). The lowest BCUT2D eigenvalue weighted by molar-refractivity contribution is 0.217. The van der Waals surface area contributed by atoms with Gasteiger partial charge in [-0.25, -0.2) is 9.37 Å². The number of hydrogen-bond acceptors (Lipinski definition) is 5. The van der Waals surface area contributed by atoms with Crippen molar-refractivity contribution in [1.82, 2.24) is 14.9 Å². The molecule has 19 heavy (non-hydrogen) atoms. The SMILES string of the molecule is CCNc1ncc(F)c(NCC2CCCN(C)C2)n1. The van der Waals surface area contributed by atoms with Crippen LogP contribution in [0.5, 0.6) is 0 Å². The van der Waals surface area contributed by atoms with Gasteiger partial charge < -0.3 is 15.5 Å². The van der Waals surface area contributed by atoms with Crippen molar-refractivity contribution in [3.05, 3.63) is 12.0 Å². The lowest BCUT2D eigenvalue weighted by atomic mass is 9.98. The van der Waals surface area contributed by atoms with Crippen molar-refractivity contribution in [2.45, 2.75) is 19.8 Å². The van der Waals surface area contributed by atoms with E-state index in [9.17, 15) is 4.39 Å². The zero-order valence-electron chi connectivity index (χ0n) is 11.6. The molecule has 0 amide bonds. The third-order valence-electron chi connectivity index (χ3n) is 3.36. The number of halogens is 1. The van der Waals surface area contributed by atoms with Gasteiger partial charge in [-0.1, -0.05) is 0 Å². The van der Waals surface area contributed by atoms with Crippen LogP contribution in [0.1, 0.15) is 19.8 Å². The van der Waals surface area contributed by atoms with E-state index in [-0.39, 0.29) is 0 Å². The quantitative estimate of drug-likeness (QED) is 0.852. The van der Waals surface area contributed by atoms with Crippen LogP contribution in [0.25, 0.3) is 0 Å². The molecule has 1 atom stereocenters. The Morgan fingerprint density at radius 3 is 3.05 bits per heavy atom. The van der Waals surface area contributed by atoms with E-state index >= 15 is 0 Å². The first kappa shape index (κ1) is 14.0. The lowest BCUT2D eigenvalue weighted by Crippen LogP contribution is -2.35. The molecule has 5 nitrogen and oxygen atoms in total. The first-order chi connectivity index (χ1) is 9.19. The largest absolute Gasteiger partial charge is 0.367 e. The highest BCUT2D eigenvalue weighted by Crippen LogP contribution is 2.17. The summed E-state index contributed by atoms with van der Waals surface area (Å²) in [6.07, 6.45) is 3.60. The highest BCUT2D eigenvalue weighted by atomic mass is 19.1. The highest BCUT2D eigenvalue weighted by Gasteiger charge is 2.17. The predicted octanol–water partition coefficient (Wildman–Crippen LogP) is 1.80. The van der Waals surface area contributed by atoms with Gasteiger partial charge in [-0.2, -0.15) is 4.98 Å². The summed E-state index contributed by atoms with van der Waals surface area (Å²) >= 11 is 0. The first-order valence-electron chi connectivity index (χ1n) is 6.88. The van der Waals surface area contributed by atoms with Gasteiger partial charge in [-0.05, 0) is 39.3 Å². The monoisotopic (exact) mass is 267 g/mol. The van der Waals surface area contributed by atoms with Crippen LogP contribution in [0.15, 0.2) is 6.20 Å². The fourth-order valence-electron chi connectivity index (χ4n) is 2.42. The van der Waals surface area contributed by atoms with Crippen molar-refractivity contribution in [2.75, 3.05) is 43.9 Å². The minimum Gasteiger partial charge on any atom is -0.367 e. The molecule has 2 heterocycles. The second-order valence-corrected chi connectivity index (χ2v) is 5.07. The molecule has 1 saturated heterocycles. The van der Waals surface area contributed by atoms with Gasteiger partial charge >= 0.3 is 0 Å². The van der Waals surface area contributed by atoms with E-state index in [1.165, 1.54) is 19.0 Å². The average Bonchev–Trinajstić information content (AvgIpc) is 2.40. The summed E-state index contributed by atoms with van der Waals surface area (Å²) in [5, 5.41) is 6.09. The molecule has 1 aromatic heterocycles. The van der Waals surface area contributed by atoms with Crippen LogP contribution >= 0.6 is 0 Å². The second kappa shape index (κ2) is 6.65. The Bertz CT molecular complexity index is 412. The summed E-state index contributed by atoms with van der Waals surface area (Å²) in [5.41, 5.74) is 0. The third kappa shape index (κ3) is 4.02. The van der Waals surface area contributed by atoms with E-state index in [0.29, 0.717) is 17.7 Å². The molecule has 1 aliphatic rings. The predicted molar refractivity (Wildman–Crippen MR) is 74.9 cm³/mol. The van der Waals surface area contributed by atoms with Gasteiger partial charge in [0.1, 0.15) is 0 Å². The number of nitrogens with one attached hydrogen (secondary N) is 2. The topological polar surface area (TPSA) is 53.1 Å². The van der Waals surface area contributed by atoms with Crippen LogP contribution in [0, 0.1) is 11.7 Å². The van der Waals surface area contributed by atoms with Gasteiger partial charge in [0.05, 0.1) is 6.20 Å². The maximum atomic E-state index is 13.6. The van der Waals surface area contributed by atoms with Crippen molar-refractivity contribution in [1.29, 1.82) is 0 Å². The smallest absolute Gasteiger partial charge is 0.224 e. The van der Waals surface area contributed by atoms with Gasteiger partial charge in [-0.3, -0.25) is 0 Å². The van der Waals surface area contributed by atoms with Crippen LogP contribution in [-0.4, -0.2) is 48.1 Å². The van der Waals surface area contributed by atoms with Crippen LogP contribution in [0.3, 0.4) is 0 Å². The van der Waals surface area contributed by atoms with Crippen LogP contribution < -0.4 is 10.6 Å². The molecule has 6 heteroatoms. The Hall–Kier alpha value is -1.43. The minimum absolute atomic E-state index is 0.291. The second-order valence-electron chi connectivity index (χ2n) is 5.07. The number of aromatic nitrogens is 2. The highest BCUT2D eigenvalue weighted by molar-refractivity contribution is 5.41. The van der Waals surface area contributed by atoms with E-state index in [2.05, 4.69) is 32.5 Å². The number of anilines is 2. The van der Waals surface area contributed by atoms with Gasteiger partial charge in [0.25, 0.3) is 0 Å². The standard InChI is InChI=1S/C13H22FN5/c1-3-15-13-17-8-11(14)12(18-13)16-7-10-5-4-6-19(2)9-10/h8,10H,3-7,9H2,1-2H3,(H2,15,16,17,18). The Kier molecular flexibility index (Phi) is 4.90. The number of piperidine rings is 1. The average molecular weight is 267 g/mol. The summed E-state index contributed by atoms with van der Waals surface area (Å²) in [5.74, 6) is 0.910. The summed E-state index contributed by atoms with van der Waals surface area (Å²) in [4.78, 5) is 10.3. The van der Waals surface area contributed by atoms with Crippen molar-refractivity contribution in [3.63, 3.8) is 0 Å². The van der Waals surface area contributed by atoms with Crippen LogP contribution in [0.2, 0.25) is 0 Å². The summed E-state index contributed by atoms with van der Waals surface area (Å²) in [6, 6.07) is 0. The van der Waals surface area contributed by atoms with E-state index in [1.807, 2.05) is 6.92 Å². The number of nitrogens with zero attached hydrogens (tertiary/aromatic N) is 3. The third-order valence-corrected chi connectivity index (χ3v) is 3.36. The van der Waals surface area contributed by atoms with E-state index < -0.39 is 5.82 Å². The minimum atomic E-state index is -0.397. The van der Waals surface area contributed by atoms with Gasteiger partial charge in [0, 0.05) is 19.6 Å². The van der Waals surface area contributed by atoms with Crippen LogP contribution in [0.4, 0.5) is 16.2 Å². The molecule has 0 aromatic carbocycles. The molecule has 0 spiro atoms. The molecule has 1 aromatic rings. The van der Waals surface area contributed by atoms with Gasteiger partial charge in [-0.15, -0.1) is 0 Å². The molecular weight excluding hydrogens is 245 g/mol.